The van der Waals surface area contributed by atoms with E-state index in [9.17, 15) is 0 Å². The van der Waals surface area contributed by atoms with Crippen molar-refractivity contribution < 1.29 is 0 Å². The van der Waals surface area contributed by atoms with Gasteiger partial charge in [0, 0.05) is 17.1 Å². The summed E-state index contributed by atoms with van der Waals surface area (Å²) in [7, 11) is 0. The normalized spacial score (nSPS) is 25.1. The largest absolute Gasteiger partial charge is 0.307 e. The first-order valence-electron chi connectivity index (χ1n) is 8.21. The molecule has 1 nitrogen and oxygen atoms in total. The van der Waals surface area contributed by atoms with Crippen LogP contribution in [0.1, 0.15) is 70.4 Å². The zero-order chi connectivity index (χ0) is 14.4. The number of rotatable bonds is 5. The summed E-state index contributed by atoms with van der Waals surface area (Å²) in [5, 5.41) is 4.67. The minimum absolute atomic E-state index is 0.344. The Labute approximate surface area is 129 Å². The van der Waals surface area contributed by atoms with Crippen LogP contribution in [0, 0.1) is 5.92 Å². The molecule has 0 saturated heterocycles. The minimum Gasteiger partial charge on any atom is -0.307 e. The molecule has 0 spiro atoms. The average molecular weight is 294 g/mol. The first-order chi connectivity index (χ1) is 9.70. The molecule has 0 bridgehead atoms. The van der Waals surface area contributed by atoms with Crippen LogP contribution in [0.5, 0.6) is 0 Å². The third-order valence-electron chi connectivity index (χ3n) is 4.64. The maximum Gasteiger partial charge on any atom is 0.0453 e. The highest BCUT2D eigenvalue weighted by molar-refractivity contribution is 6.31. The van der Waals surface area contributed by atoms with Crippen LogP contribution in [-0.4, -0.2) is 6.04 Å². The zero-order valence-corrected chi connectivity index (χ0v) is 13.6. The van der Waals surface area contributed by atoms with E-state index >= 15 is 0 Å². The van der Waals surface area contributed by atoms with Crippen LogP contribution in [0.2, 0.25) is 5.02 Å². The quantitative estimate of drug-likeness (QED) is 0.683. The van der Waals surface area contributed by atoms with Crippen molar-refractivity contribution >= 4 is 11.6 Å². The Balaban J connectivity index is 1.88. The Morgan fingerprint density at radius 1 is 1.20 bits per heavy atom. The Kier molecular flexibility index (Phi) is 6.38. The van der Waals surface area contributed by atoms with E-state index in [0.717, 1.165) is 10.9 Å². The van der Waals surface area contributed by atoms with Gasteiger partial charge in [-0.2, -0.15) is 0 Å². The van der Waals surface area contributed by atoms with Crippen LogP contribution in [0.25, 0.3) is 0 Å². The molecule has 0 radical (unpaired) electrons. The van der Waals surface area contributed by atoms with Gasteiger partial charge in [0.25, 0.3) is 0 Å². The van der Waals surface area contributed by atoms with Crippen molar-refractivity contribution in [2.75, 3.05) is 0 Å². The van der Waals surface area contributed by atoms with Gasteiger partial charge in [0.15, 0.2) is 0 Å². The van der Waals surface area contributed by atoms with E-state index in [4.69, 9.17) is 11.6 Å². The summed E-state index contributed by atoms with van der Waals surface area (Å²) in [4.78, 5) is 0. The third-order valence-corrected chi connectivity index (χ3v) is 4.99. The molecule has 0 aliphatic heterocycles. The first kappa shape index (κ1) is 15.9. The summed E-state index contributed by atoms with van der Waals surface area (Å²) in [5.74, 6) is 0.961. The highest BCUT2D eigenvalue weighted by Gasteiger charge is 2.20. The van der Waals surface area contributed by atoms with Crippen LogP contribution in [-0.2, 0) is 0 Å². The van der Waals surface area contributed by atoms with Gasteiger partial charge in [-0.1, -0.05) is 62.4 Å². The number of nitrogens with one attached hydrogen (secondary N) is 1. The van der Waals surface area contributed by atoms with Crippen molar-refractivity contribution in [1.82, 2.24) is 5.32 Å². The lowest BCUT2D eigenvalue weighted by atomic mass is 9.95. The number of benzene rings is 1. The molecule has 0 aromatic heterocycles. The fraction of sp³-hybridized carbons (Fsp3) is 0.667. The van der Waals surface area contributed by atoms with Crippen molar-refractivity contribution in [3.05, 3.63) is 34.9 Å². The van der Waals surface area contributed by atoms with E-state index in [1.54, 1.807) is 0 Å². The predicted molar refractivity (Wildman–Crippen MR) is 88.3 cm³/mol. The van der Waals surface area contributed by atoms with Crippen molar-refractivity contribution in [2.45, 2.75) is 70.9 Å². The summed E-state index contributed by atoms with van der Waals surface area (Å²) in [6.45, 7) is 4.54. The number of hydrogen-bond acceptors (Lipinski definition) is 1. The molecule has 1 aromatic rings. The SMILES string of the molecule is CCCC1CCCC(N[C@@H](C)c2ccccc2Cl)CC1. The topological polar surface area (TPSA) is 12.0 Å². The van der Waals surface area contributed by atoms with Crippen molar-refractivity contribution in [2.24, 2.45) is 5.92 Å². The number of halogens is 1. The van der Waals surface area contributed by atoms with E-state index in [0.29, 0.717) is 12.1 Å². The van der Waals surface area contributed by atoms with Crippen molar-refractivity contribution in [3.8, 4) is 0 Å². The lowest BCUT2D eigenvalue weighted by molar-refractivity contribution is 0.393. The predicted octanol–water partition coefficient (Wildman–Crippen LogP) is 5.74. The van der Waals surface area contributed by atoms with Crippen molar-refractivity contribution in [3.63, 3.8) is 0 Å². The van der Waals surface area contributed by atoms with Crippen LogP contribution in [0.3, 0.4) is 0 Å². The first-order valence-corrected chi connectivity index (χ1v) is 8.59. The van der Waals surface area contributed by atoms with Gasteiger partial charge >= 0.3 is 0 Å². The van der Waals surface area contributed by atoms with Crippen molar-refractivity contribution in [1.29, 1.82) is 0 Å². The summed E-state index contributed by atoms with van der Waals surface area (Å²) in [6, 6.07) is 9.19. The Morgan fingerprint density at radius 3 is 2.75 bits per heavy atom. The van der Waals surface area contributed by atoms with E-state index in [2.05, 4.69) is 31.3 Å². The van der Waals surface area contributed by atoms with Crippen LogP contribution < -0.4 is 5.32 Å². The smallest absolute Gasteiger partial charge is 0.0453 e. The third kappa shape index (κ3) is 4.49. The molecular formula is C18H28ClN. The fourth-order valence-corrected chi connectivity index (χ4v) is 3.81. The van der Waals surface area contributed by atoms with Gasteiger partial charge in [-0.25, -0.2) is 0 Å². The molecule has 1 N–H and O–H groups in total. The molecule has 1 aromatic carbocycles. The molecule has 2 heteroatoms. The second-order valence-electron chi connectivity index (χ2n) is 6.27. The van der Waals surface area contributed by atoms with Crippen LogP contribution in [0.15, 0.2) is 24.3 Å². The van der Waals surface area contributed by atoms with Gasteiger partial charge in [-0.15, -0.1) is 0 Å². The molecule has 1 aliphatic rings. The highest BCUT2D eigenvalue weighted by Crippen LogP contribution is 2.29. The fourth-order valence-electron chi connectivity index (χ4n) is 3.51. The zero-order valence-electron chi connectivity index (χ0n) is 12.9. The van der Waals surface area contributed by atoms with Gasteiger partial charge in [0.05, 0.1) is 0 Å². The highest BCUT2D eigenvalue weighted by atomic mass is 35.5. The van der Waals surface area contributed by atoms with Gasteiger partial charge < -0.3 is 5.32 Å². The van der Waals surface area contributed by atoms with Gasteiger partial charge in [-0.3, -0.25) is 0 Å². The number of hydrogen-bond donors (Lipinski definition) is 1. The van der Waals surface area contributed by atoms with Gasteiger partial charge in [0.1, 0.15) is 0 Å². The van der Waals surface area contributed by atoms with E-state index in [1.165, 1.54) is 50.5 Å². The lowest BCUT2D eigenvalue weighted by Crippen LogP contribution is -2.31. The molecule has 1 fully saturated rings. The molecule has 112 valence electrons. The van der Waals surface area contributed by atoms with Crippen LogP contribution >= 0.6 is 11.6 Å². The molecule has 0 heterocycles. The Hall–Kier alpha value is -0.530. The van der Waals surface area contributed by atoms with Gasteiger partial charge in [0.2, 0.25) is 0 Å². The average Bonchev–Trinajstić information content (AvgIpc) is 2.65. The molecule has 1 saturated carbocycles. The molecular weight excluding hydrogens is 266 g/mol. The summed E-state index contributed by atoms with van der Waals surface area (Å²) < 4.78 is 0. The molecule has 3 atom stereocenters. The Morgan fingerprint density at radius 2 is 2.00 bits per heavy atom. The second-order valence-corrected chi connectivity index (χ2v) is 6.68. The maximum absolute atomic E-state index is 6.29. The summed E-state index contributed by atoms with van der Waals surface area (Å²) in [5.41, 5.74) is 1.23. The minimum atomic E-state index is 0.344. The molecule has 20 heavy (non-hydrogen) atoms. The van der Waals surface area contributed by atoms with E-state index in [1.807, 2.05) is 12.1 Å². The molecule has 2 unspecified atom stereocenters. The summed E-state index contributed by atoms with van der Waals surface area (Å²) >= 11 is 6.29. The molecule has 2 rings (SSSR count). The monoisotopic (exact) mass is 293 g/mol. The Bertz CT molecular complexity index is 404. The lowest BCUT2D eigenvalue weighted by Gasteiger charge is -2.23. The van der Waals surface area contributed by atoms with E-state index in [-0.39, 0.29) is 0 Å². The maximum atomic E-state index is 6.29. The standard InChI is InChI=1S/C18H28ClN/c1-3-7-15-8-6-9-16(13-12-15)20-14(2)17-10-4-5-11-18(17)19/h4-5,10-11,14-16,20H,3,6-9,12-13H2,1-2H3/t14-,15?,16?/m0/s1. The summed E-state index contributed by atoms with van der Waals surface area (Å²) in [6.07, 6.45) is 9.56. The second kappa shape index (κ2) is 8.05. The molecule has 0 amide bonds. The van der Waals surface area contributed by atoms with Gasteiger partial charge in [-0.05, 0) is 43.7 Å². The molecule has 1 aliphatic carbocycles. The van der Waals surface area contributed by atoms with Crippen LogP contribution in [0.4, 0.5) is 0 Å². The van der Waals surface area contributed by atoms with E-state index < -0.39 is 0 Å².